The van der Waals surface area contributed by atoms with Gasteiger partial charge in [-0.1, -0.05) is 12.1 Å². The van der Waals surface area contributed by atoms with Crippen LogP contribution in [0.1, 0.15) is 24.3 Å². The van der Waals surface area contributed by atoms with Crippen LogP contribution in [0.3, 0.4) is 0 Å². The van der Waals surface area contributed by atoms with E-state index < -0.39 is 0 Å². The van der Waals surface area contributed by atoms with E-state index in [-0.39, 0.29) is 6.10 Å². The normalized spacial score (nSPS) is 10.5. The molecule has 0 unspecified atom stereocenters. The first kappa shape index (κ1) is 13.4. The summed E-state index contributed by atoms with van der Waals surface area (Å²) in [5.74, 6) is 0.832. The summed E-state index contributed by atoms with van der Waals surface area (Å²) >= 11 is 1.45. The average Bonchev–Trinajstić information content (AvgIpc) is 2.64. The Balaban J connectivity index is 2.41. The molecular weight excluding hydrogens is 256 g/mol. The van der Waals surface area contributed by atoms with Gasteiger partial charge in [-0.3, -0.25) is 0 Å². The molecular formula is C15H16N2OS. The summed E-state index contributed by atoms with van der Waals surface area (Å²) in [6.45, 7) is 5.96. The van der Waals surface area contributed by atoms with E-state index in [4.69, 9.17) is 10.5 Å². The van der Waals surface area contributed by atoms with Crippen molar-refractivity contribution >= 4 is 16.3 Å². The van der Waals surface area contributed by atoms with Crippen molar-refractivity contribution in [1.82, 2.24) is 0 Å². The first-order valence-electron chi connectivity index (χ1n) is 6.09. The van der Waals surface area contributed by atoms with Crippen molar-refractivity contribution in [2.45, 2.75) is 26.9 Å². The second-order valence-electron chi connectivity index (χ2n) is 4.58. The molecule has 0 atom stereocenters. The number of nitrogens with zero attached hydrogens (tertiary/aromatic N) is 1. The maximum atomic E-state index is 9.20. The van der Waals surface area contributed by atoms with Crippen LogP contribution in [0.2, 0.25) is 0 Å². The molecule has 1 aromatic heterocycles. The number of nitrogen functional groups attached to an aromatic ring is 1. The summed E-state index contributed by atoms with van der Waals surface area (Å²) in [4.78, 5) is 1.06. The minimum atomic E-state index is 0.152. The first-order chi connectivity index (χ1) is 9.02. The molecule has 0 spiro atoms. The maximum Gasteiger partial charge on any atom is 0.119 e. The van der Waals surface area contributed by atoms with Gasteiger partial charge < -0.3 is 10.5 Å². The molecule has 0 radical (unpaired) electrons. The van der Waals surface area contributed by atoms with Gasteiger partial charge in [-0.2, -0.15) is 5.26 Å². The molecule has 19 heavy (non-hydrogen) atoms. The number of hydrogen-bond acceptors (Lipinski definition) is 4. The van der Waals surface area contributed by atoms with Crippen LogP contribution in [0.5, 0.6) is 5.75 Å². The lowest BCUT2D eigenvalue weighted by molar-refractivity contribution is 0.242. The van der Waals surface area contributed by atoms with E-state index in [1.54, 1.807) is 0 Å². The molecule has 1 heterocycles. The minimum absolute atomic E-state index is 0.152. The van der Waals surface area contributed by atoms with Crippen molar-refractivity contribution in [2.75, 3.05) is 5.73 Å². The van der Waals surface area contributed by atoms with Gasteiger partial charge in [-0.25, -0.2) is 0 Å². The Morgan fingerprint density at radius 1 is 1.26 bits per heavy atom. The van der Waals surface area contributed by atoms with Gasteiger partial charge in [-0.05, 0) is 38.5 Å². The number of anilines is 1. The number of ether oxygens (including phenoxy) is 1. The summed E-state index contributed by atoms with van der Waals surface area (Å²) in [6, 6.07) is 9.96. The highest BCUT2D eigenvalue weighted by molar-refractivity contribution is 7.16. The Bertz CT molecular complexity index is 621. The second kappa shape index (κ2) is 5.33. The zero-order valence-corrected chi connectivity index (χ0v) is 12.0. The molecule has 0 bridgehead atoms. The van der Waals surface area contributed by atoms with E-state index in [0.29, 0.717) is 10.6 Å². The van der Waals surface area contributed by atoms with Crippen LogP contribution < -0.4 is 10.5 Å². The topological polar surface area (TPSA) is 59.0 Å². The van der Waals surface area contributed by atoms with Crippen LogP contribution in [-0.2, 0) is 0 Å². The van der Waals surface area contributed by atoms with Gasteiger partial charge in [0.25, 0.3) is 0 Å². The number of aryl methyl sites for hydroxylation is 1. The first-order valence-corrected chi connectivity index (χ1v) is 6.90. The highest BCUT2D eigenvalue weighted by Crippen LogP contribution is 2.38. The molecule has 4 heteroatoms. The van der Waals surface area contributed by atoms with E-state index in [9.17, 15) is 5.26 Å². The van der Waals surface area contributed by atoms with Gasteiger partial charge in [0.05, 0.1) is 11.7 Å². The molecule has 98 valence electrons. The van der Waals surface area contributed by atoms with Crippen LogP contribution in [-0.4, -0.2) is 6.10 Å². The zero-order valence-electron chi connectivity index (χ0n) is 11.2. The third kappa shape index (κ3) is 2.72. The zero-order chi connectivity index (χ0) is 14.0. The van der Waals surface area contributed by atoms with Gasteiger partial charge in [0.1, 0.15) is 16.8 Å². The molecule has 1 aromatic carbocycles. The van der Waals surface area contributed by atoms with Crippen molar-refractivity contribution in [1.29, 1.82) is 5.26 Å². The summed E-state index contributed by atoms with van der Waals surface area (Å²) in [6.07, 6.45) is 0.152. The summed E-state index contributed by atoms with van der Waals surface area (Å²) < 4.78 is 5.61. The van der Waals surface area contributed by atoms with Crippen molar-refractivity contribution in [3.8, 4) is 22.9 Å². The monoisotopic (exact) mass is 272 g/mol. The number of rotatable bonds is 3. The molecule has 0 aliphatic heterocycles. The SMILES string of the molecule is Cc1sc(N)c(C#N)c1-c1ccc(OC(C)C)cc1. The van der Waals surface area contributed by atoms with Gasteiger partial charge in [0.15, 0.2) is 0 Å². The predicted octanol–water partition coefficient (Wildman–Crippen LogP) is 3.96. The molecule has 0 saturated heterocycles. The lowest BCUT2D eigenvalue weighted by Gasteiger charge is -2.10. The molecule has 0 saturated carbocycles. The van der Waals surface area contributed by atoms with Crippen LogP contribution in [0, 0.1) is 18.3 Å². The Morgan fingerprint density at radius 2 is 1.89 bits per heavy atom. The Morgan fingerprint density at radius 3 is 2.42 bits per heavy atom. The smallest absolute Gasteiger partial charge is 0.119 e. The molecule has 3 nitrogen and oxygen atoms in total. The van der Waals surface area contributed by atoms with E-state index in [0.717, 1.165) is 21.8 Å². The Labute approximate surface area is 117 Å². The van der Waals surface area contributed by atoms with Gasteiger partial charge in [-0.15, -0.1) is 11.3 Å². The fourth-order valence-corrected chi connectivity index (χ4v) is 2.90. The van der Waals surface area contributed by atoms with Crippen LogP contribution in [0.15, 0.2) is 24.3 Å². The minimum Gasteiger partial charge on any atom is -0.491 e. The van der Waals surface area contributed by atoms with Crippen molar-refractivity contribution in [3.63, 3.8) is 0 Å². The molecule has 0 aliphatic rings. The fourth-order valence-electron chi connectivity index (χ4n) is 2.00. The summed E-state index contributed by atoms with van der Waals surface area (Å²) in [5.41, 5.74) is 8.36. The van der Waals surface area contributed by atoms with E-state index in [1.807, 2.05) is 45.0 Å². The summed E-state index contributed by atoms with van der Waals surface area (Å²) in [7, 11) is 0. The van der Waals surface area contributed by atoms with Gasteiger partial charge in [0, 0.05) is 10.4 Å². The maximum absolute atomic E-state index is 9.20. The van der Waals surface area contributed by atoms with Crippen LogP contribution >= 0.6 is 11.3 Å². The van der Waals surface area contributed by atoms with Crippen molar-refractivity contribution in [3.05, 3.63) is 34.7 Å². The van der Waals surface area contributed by atoms with Crippen molar-refractivity contribution < 1.29 is 4.74 Å². The third-order valence-corrected chi connectivity index (χ3v) is 3.67. The summed E-state index contributed by atoms with van der Waals surface area (Å²) in [5, 5.41) is 9.78. The van der Waals surface area contributed by atoms with Gasteiger partial charge >= 0.3 is 0 Å². The lowest BCUT2D eigenvalue weighted by atomic mass is 10.0. The Hall–Kier alpha value is -1.99. The van der Waals surface area contributed by atoms with E-state index >= 15 is 0 Å². The van der Waals surface area contributed by atoms with E-state index in [2.05, 4.69) is 6.07 Å². The molecule has 2 rings (SSSR count). The highest BCUT2D eigenvalue weighted by Gasteiger charge is 2.15. The highest BCUT2D eigenvalue weighted by atomic mass is 32.1. The van der Waals surface area contributed by atoms with E-state index in [1.165, 1.54) is 11.3 Å². The number of benzene rings is 1. The standard InChI is InChI=1S/C15H16N2OS/c1-9(2)18-12-6-4-11(5-7-12)14-10(3)19-15(17)13(14)8-16/h4-7,9H,17H2,1-3H3. The van der Waals surface area contributed by atoms with Crippen molar-refractivity contribution in [2.24, 2.45) is 0 Å². The van der Waals surface area contributed by atoms with Crippen LogP contribution in [0.4, 0.5) is 5.00 Å². The molecule has 0 fully saturated rings. The van der Waals surface area contributed by atoms with Gasteiger partial charge in [0.2, 0.25) is 0 Å². The predicted molar refractivity (Wildman–Crippen MR) is 79.4 cm³/mol. The second-order valence-corrected chi connectivity index (χ2v) is 5.83. The molecule has 2 aromatic rings. The third-order valence-electron chi connectivity index (χ3n) is 2.74. The number of nitriles is 1. The number of hydrogen-bond donors (Lipinski definition) is 1. The average molecular weight is 272 g/mol. The largest absolute Gasteiger partial charge is 0.491 e. The molecule has 0 amide bonds. The fraction of sp³-hybridized carbons (Fsp3) is 0.267. The quantitative estimate of drug-likeness (QED) is 0.919. The van der Waals surface area contributed by atoms with Crippen LogP contribution in [0.25, 0.3) is 11.1 Å². The number of thiophene rings is 1. The lowest BCUT2D eigenvalue weighted by Crippen LogP contribution is -2.05. The molecule has 2 N–H and O–H groups in total. The Kier molecular flexibility index (Phi) is 3.77. The number of nitrogens with two attached hydrogens (primary N) is 1. The molecule has 0 aliphatic carbocycles.